The van der Waals surface area contributed by atoms with Crippen LogP contribution in [0, 0.1) is 29.3 Å². The zero-order valence-corrected chi connectivity index (χ0v) is 13.4. The number of carbonyl (C=O) groups excluding carboxylic acids is 1. The zero-order chi connectivity index (χ0) is 18.5. The van der Waals surface area contributed by atoms with E-state index in [1.54, 1.807) is 12.1 Å². The largest absolute Gasteiger partial charge is 0.319 e. The summed E-state index contributed by atoms with van der Waals surface area (Å²) in [6.07, 6.45) is 0. The highest BCUT2D eigenvalue weighted by molar-refractivity contribution is 6.04. The first-order chi connectivity index (χ1) is 12.5. The Morgan fingerprint density at radius 3 is 2.00 bits per heavy atom. The van der Waals surface area contributed by atoms with E-state index in [2.05, 4.69) is 17.2 Å². The lowest BCUT2D eigenvalue weighted by molar-refractivity contribution is 0.102. The molecule has 5 heteroatoms. The van der Waals surface area contributed by atoms with Crippen molar-refractivity contribution in [3.05, 3.63) is 101 Å². The van der Waals surface area contributed by atoms with Crippen molar-refractivity contribution in [3.63, 3.8) is 0 Å². The summed E-state index contributed by atoms with van der Waals surface area (Å²) >= 11 is 0. The Morgan fingerprint density at radius 2 is 1.35 bits per heavy atom. The number of anilines is 1. The van der Waals surface area contributed by atoms with Gasteiger partial charge in [0.1, 0.15) is 0 Å². The first kappa shape index (κ1) is 17.3. The third-order valence-electron chi connectivity index (χ3n) is 3.56. The lowest BCUT2D eigenvalue weighted by Gasteiger charge is -2.07. The molecule has 0 unspecified atom stereocenters. The van der Waals surface area contributed by atoms with E-state index in [1.165, 1.54) is 12.1 Å². The summed E-state index contributed by atoms with van der Waals surface area (Å²) in [5.74, 6) is 0.928. The van der Waals surface area contributed by atoms with Crippen LogP contribution in [-0.2, 0) is 0 Å². The van der Waals surface area contributed by atoms with Gasteiger partial charge in [0.15, 0.2) is 17.5 Å². The summed E-state index contributed by atoms with van der Waals surface area (Å²) in [6.45, 7) is 0. The molecule has 0 fully saturated rings. The van der Waals surface area contributed by atoms with Gasteiger partial charge in [-0.1, -0.05) is 30.0 Å². The number of carbonyl (C=O) groups is 1. The van der Waals surface area contributed by atoms with Gasteiger partial charge in [0.25, 0.3) is 5.91 Å². The second-order valence-corrected chi connectivity index (χ2v) is 5.37. The highest BCUT2D eigenvalue weighted by Gasteiger charge is 2.15. The van der Waals surface area contributed by atoms with Crippen LogP contribution in [0.15, 0.2) is 66.7 Å². The highest BCUT2D eigenvalue weighted by atomic mass is 19.2. The summed E-state index contributed by atoms with van der Waals surface area (Å²) in [5.41, 5.74) is 1.37. The Hall–Kier alpha value is -3.52. The second kappa shape index (κ2) is 7.58. The Labute approximate surface area is 148 Å². The molecule has 0 radical (unpaired) electrons. The van der Waals surface area contributed by atoms with Crippen LogP contribution in [0.4, 0.5) is 18.9 Å². The smallest absolute Gasteiger partial charge is 0.255 e. The number of hydrogen-bond donors (Lipinski definition) is 1. The normalized spacial score (nSPS) is 9.96. The second-order valence-electron chi connectivity index (χ2n) is 5.37. The average molecular weight is 351 g/mol. The van der Waals surface area contributed by atoms with Gasteiger partial charge in [-0.25, -0.2) is 13.2 Å². The molecule has 0 spiro atoms. The van der Waals surface area contributed by atoms with Gasteiger partial charge in [-0.05, 0) is 48.5 Å². The molecular formula is C21H12F3NO. The van der Waals surface area contributed by atoms with Crippen molar-refractivity contribution in [2.24, 2.45) is 0 Å². The summed E-state index contributed by atoms with van der Waals surface area (Å²) < 4.78 is 39.7. The SMILES string of the molecule is O=C(Nc1ccc(F)c(F)c1F)c1ccc(C#Cc2ccccc2)cc1. The van der Waals surface area contributed by atoms with Gasteiger partial charge < -0.3 is 5.32 Å². The lowest BCUT2D eigenvalue weighted by atomic mass is 10.1. The zero-order valence-electron chi connectivity index (χ0n) is 13.4. The van der Waals surface area contributed by atoms with Gasteiger partial charge in [-0.2, -0.15) is 0 Å². The fraction of sp³-hybridized carbons (Fsp3) is 0. The van der Waals surface area contributed by atoms with Crippen molar-refractivity contribution in [3.8, 4) is 11.8 Å². The number of rotatable bonds is 2. The van der Waals surface area contributed by atoms with Crippen LogP contribution < -0.4 is 5.32 Å². The summed E-state index contributed by atoms with van der Waals surface area (Å²) in [7, 11) is 0. The molecule has 1 amide bonds. The van der Waals surface area contributed by atoms with E-state index in [4.69, 9.17) is 0 Å². The van der Waals surface area contributed by atoms with Crippen molar-refractivity contribution in [2.75, 3.05) is 5.32 Å². The molecule has 0 heterocycles. The Bertz CT molecular complexity index is 1000. The van der Waals surface area contributed by atoms with Crippen molar-refractivity contribution < 1.29 is 18.0 Å². The van der Waals surface area contributed by atoms with Crippen LogP contribution in [0.3, 0.4) is 0 Å². The Kier molecular flexibility index (Phi) is 5.04. The maximum absolute atomic E-state index is 13.6. The van der Waals surface area contributed by atoms with E-state index in [0.717, 1.165) is 17.7 Å². The van der Waals surface area contributed by atoms with Gasteiger partial charge in [0.2, 0.25) is 0 Å². The minimum absolute atomic E-state index is 0.236. The van der Waals surface area contributed by atoms with E-state index >= 15 is 0 Å². The molecule has 2 nitrogen and oxygen atoms in total. The predicted molar refractivity (Wildman–Crippen MR) is 93.1 cm³/mol. The third-order valence-corrected chi connectivity index (χ3v) is 3.56. The number of nitrogens with one attached hydrogen (secondary N) is 1. The molecule has 0 aromatic heterocycles. The lowest BCUT2D eigenvalue weighted by Crippen LogP contribution is -2.13. The molecule has 0 atom stereocenters. The molecule has 0 saturated heterocycles. The summed E-state index contributed by atoms with van der Waals surface area (Å²) in [6, 6.07) is 17.5. The molecule has 26 heavy (non-hydrogen) atoms. The molecule has 0 aliphatic rings. The van der Waals surface area contributed by atoms with E-state index in [1.807, 2.05) is 30.3 Å². The fourth-order valence-corrected chi connectivity index (χ4v) is 2.19. The minimum Gasteiger partial charge on any atom is -0.319 e. The molecule has 1 N–H and O–H groups in total. The van der Waals surface area contributed by atoms with Crippen molar-refractivity contribution in [2.45, 2.75) is 0 Å². The molecule has 0 bridgehead atoms. The van der Waals surface area contributed by atoms with Gasteiger partial charge in [-0.3, -0.25) is 4.79 Å². The fourth-order valence-electron chi connectivity index (χ4n) is 2.19. The van der Waals surface area contributed by atoms with Crippen LogP contribution in [0.2, 0.25) is 0 Å². The van der Waals surface area contributed by atoms with E-state index in [-0.39, 0.29) is 5.56 Å². The molecule has 0 aliphatic carbocycles. The number of hydrogen-bond acceptors (Lipinski definition) is 1. The Balaban J connectivity index is 1.74. The quantitative estimate of drug-likeness (QED) is 0.524. The third kappa shape index (κ3) is 3.93. The summed E-state index contributed by atoms with van der Waals surface area (Å²) in [5, 5.41) is 2.22. The molecule has 3 aromatic carbocycles. The van der Waals surface area contributed by atoms with E-state index in [9.17, 15) is 18.0 Å². The van der Waals surface area contributed by atoms with Crippen LogP contribution >= 0.6 is 0 Å². The number of benzene rings is 3. The van der Waals surface area contributed by atoms with Gasteiger partial charge in [-0.15, -0.1) is 0 Å². The molecule has 0 aliphatic heterocycles. The van der Waals surface area contributed by atoms with Crippen LogP contribution in [0.1, 0.15) is 21.5 Å². The first-order valence-corrected chi connectivity index (χ1v) is 7.66. The average Bonchev–Trinajstić information content (AvgIpc) is 2.68. The minimum atomic E-state index is -1.63. The number of halogens is 3. The monoisotopic (exact) mass is 351 g/mol. The molecule has 128 valence electrons. The van der Waals surface area contributed by atoms with Gasteiger partial charge in [0, 0.05) is 16.7 Å². The number of amides is 1. The summed E-state index contributed by atoms with van der Waals surface area (Å²) in [4.78, 5) is 12.1. The molecule has 3 rings (SSSR count). The maximum atomic E-state index is 13.6. The first-order valence-electron chi connectivity index (χ1n) is 7.66. The molecule has 3 aromatic rings. The highest BCUT2D eigenvalue weighted by Crippen LogP contribution is 2.20. The van der Waals surface area contributed by atoms with Crippen LogP contribution in [-0.4, -0.2) is 5.91 Å². The topological polar surface area (TPSA) is 29.1 Å². The van der Waals surface area contributed by atoms with Gasteiger partial charge in [0.05, 0.1) is 5.69 Å². The van der Waals surface area contributed by atoms with Crippen LogP contribution in [0.25, 0.3) is 0 Å². The van der Waals surface area contributed by atoms with Gasteiger partial charge >= 0.3 is 0 Å². The predicted octanol–water partition coefficient (Wildman–Crippen LogP) is 4.76. The maximum Gasteiger partial charge on any atom is 0.255 e. The van der Waals surface area contributed by atoms with E-state index < -0.39 is 29.0 Å². The van der Waals surface area contributed by atoms with Crippen molar-refractivity contribution in [1.29, 1.82) is 0 Å². The van der Waals surface area contributed by atoms with Crippen LogP contribution in [0.5, 0.6) is 0 Å². The Morgan fingerprint density at radius 1 is 0.731 bits per heavy atom. The molecular weight excluding hydrogens is 339 g/mol. The van der Waals surface area contributed by atoms with E-state index in [0.29, 0.717) is 5.56 Å². The van der Waals surface area contributed by atoms with Crippen molar-refractivity contribution in [1.82, 2.24) is 0 Å². The standard InChI is InChI=1S/C21H12F3NO/c22-17-12-13-18(20(24)19(17)23)25-21(26)16-10-8-15(9-11-16)7-6-14-4-2-1-3-5-14/h1-5,8-13H,(H,25,26). The molecule has 0 saturated carbocycles. The van der Waals surface area contributed by atoms with Crippen molar-refractivity contribution >= 4 is 11.6 Å².